The van der Waals surface area contributed by atoms with Crippen molar-refractivity contribution in [2.75, 3.05) is 13.1 Å². The Bertz CT molecular complexity index is 278. The Kier molecular flexibility index (Phi) is 1.45. The first-order chi connectivity index (χ1) is 5.27. The third-order valence-electron chi connectivity index (χ3n) is 1.59. The van der Waals surface area contributed by atoms with E-state index in [0.29, 0.717) is 5.84 Å². The summed E-state index contributed by atoms with van der Waals surface area (Å²) in [7, 11) is 0. The fourth-order valence-electron chi connectivity index (χ4n) is 1.14. The highest BCUT2D eigenvalue weighted by atomic mass is 79.9. The van der Waals surface area contributed by atoms with E-state index in [-0.39, 0.29) is 0 Å². The maximum absolute atomic E-state index is 5.62. The van der Waals surface area contributed by atoms with Gasteiger partial charge in [-0.3, -0.25) is 4.99 Å². The summed E-state index contributed by atoms with van der Waals surface area (Å²) in [6.45, 7) is 1.71. The molecule has 5 heteroatoms. The summed E-state index contributed by atoms with van der Waals surface area (Å²) in [4.78, 5) is 10.2. The SMILES string of the molecule is NC1=NC(Br)=CN2CCN=C12. The highest BCUT2D eigenvalue weighted by Crippen LogP contribution is 2.16. The summed E-state index contributed by atoms with van der Waals surface area (Å²) in [5.41, 5.74) is 5.62. The van der Waals surface area contributed by atoms with E-state index in [2.05, 4.69) is 25.9 Å². The van der Waals surface area contributed by atoms with Crippen molar-refractivity contribution in [1.29, 1.82) is 0 Å². The fraction of sp³-hybridized carbons (Fsp3) is 0.333. The quantitative estimate of drug-likeness (QED) is 0.589. The van der Waals surface area contributed by atoms with Crippen LogP contribution in [0.25, 0.3) is 0 Å². The number of rotatable bonds is 0. The van der Waals surface area contributed by atoms with Crippen LogP contribution in [0.4, 0.5) is 0 Å². The van der Waals surface area contributed by atoms with Gasteiger partial charge in [0.1, 0.15) is 4.61 Å². The monoisotopic (exact) mass is 214 g/mol. The molecule has 0 aliphatic carbocycles. The third kappa shape index (κ3) is 1.05. The van der Waals surface area contributed by atoms with Crippen molar-refractivity contribution in [2.45, 2.75) is 0 Å². The molecule has 0 saturated carbocycles. The summed E-state index contributed by atoms with van der Waals surface area (Å²) >= 11 is 3.26. The van der Waals surface area contributed by atoms with Gasteiger partial charge in [0.05, 0.1) is 6.54 Å². The summed E-state index contributed by atoms with van der Waals surface area (Å²) in [5.74, 6) is 1.30. The Hall–Kier alpha value is -0.840. The van der Waals surface area contributed by atoms with Gasteiger partial charge in [0.15, 0.2) is 11.7 Å². The molecule has 0 bridgehead atoms. The second kappa shape index (κ2) is 2.34. The van der Waals surface area contributed by atoms with E-state index < -0.39 is 0 Å². The van der Waals surface area contributed by atoms with Gasteiger partial charge in [-0.05, 0) is 15.9 Å². The van der Waals surface area contributed by atoms with Gasteiger partial charge in [0.2, 0.25) is 0 Å². The molecule has 0 radical (unpaired) electrons. The lowest BCUT2D eigenvalue weighted by Crippen LogP contribution is -2.36. The first kappa shape index (κ1) is 6.84. The zero-order valence-electron chi connectivity index (χ0n) is 5.79. The minimum Gasteiger partial charge on any atom is -0.381 e. The van der Waals surface area contributed by atoms with E-state index in [1.54, 1.807) is 0 Å². The van der Waals surface area contributed by atoms with Crippen LogP contribution in [0.15, 0.2) is 20.8 Å². The average Bonchev–Trinajstić information content (AvgIpc) is 2.34. The molecule has 58 valence electrons. The molecule has 0 unspecified atom stereocenters. The number of amidine groups is 2. The van der Waals surface area contributed by atoms with Crippen LogP contribution in [0, 0.1) is 0 Å². The molecule has 0 aromatic carbocycles. The largest absolute Gasteiger partial charge is 0.381 e. The molecule has 0 saturated heterocycles. The molecule has 0 aromatic heterocycles. The molecule has 0 atom stereocenters. The van der Waals surface area contributed by atoms with Crippen LogP contribution < -0.4 is 5.73 Å². The smallest absolute Gasteiger partial charge is 0.171 e. The van der Waals surface area contributed by atoms with Gasteiger partial charge in [0, 0.05) is 12.7 Å². The highest BCUT2D eigenvalue weighted by molar-refractivity contribution is 9.11. The van der Waals surface area contributed by atoms with Crippen molar-refractivity contribution in [3.05, 3.63) is 10.8 Å². The van der Waals surface area contributed by atoms with Gasteiger partial charge >= 0.3 is 0 Å². The second-order valence-corrected chi connectivity index (χ2v) is 3.16. The van der Waals surface area contributed by atoms with Crippen LogP contribution >= 0.6 is 15.9 Å². The number of nitrogens with zero attached hydrogens (tertiary/aromatic N) is 3. The normalized spacial score (nSPS) is 22.3. The van der Waals surface area contributed by atoms with E-state index in [9.17, 15) is 0 Å². The predicted octanol–water partition coefficient (Wildman–Crippen LogP) is 0.265. The molecule has 4 nitrogen and oxygen atoms in total. The fourth-order valence-corrected chi connectivity index (χ4v) is 1.57. The standard InChI is InChI=1S/C6H7BrN4/c7-4-3-11-2-1-9-6(11)5(8)10-4/h3H,1-2H2,(H2,8,10). The predicted molar refractivity (Wildman–Crippen MR) is 47.6 cm³/mol. The lowest BCUT2D eigenvalue weighted by Gasteiger charge is -2.18. The summed E-state index contributed by atoms with van der Waals surface area (Å²) in [6, 6.07) is 0. The Morgan fingerprint density at radius 2 is 2.45 bits per heavy atom. The first-order valence-corrected chi connectivity index (χ1v) is 4.09. The van der Waals surface area contributed by atoms with E-state index in [1.165, 1.54) is 0 Å². The highest BCUT2D eigenvalue weighted by Gasteiger charge is 2.21. The third-order valence-corrected chi connectivity index (χ3v) is 1.98. The van der Waals surface area contributed by atoms with Crippen LogP contribution in [-0.4, -0.2) is 29.7 Å². The van der Waals surface area contributed by atoms with Gasteiger partial charge in [-0.2, -0.15) is 0 Å². The average molecular weight is 215 g/mol. The maximum Gasteiger partial charge on any atom is 0.171 e. The van der Waals surface area contributed by atoms with Gasteiger partial charge in [-0.25, -0.2) is 4.99 Å². The van der Waals surface area contributed by atoms with E-state index in [4.69, 9.17) is 5.73 Å². The van der Waals surface area contributed by atoms with Crippen molar-refractivity contribution in [1.82, 2.24) is 4.90 Å². The van der Waals surface area contributed by atoms with Crippen molar-refractivity contribution in [3.63, 3.8) is 0 Å². The van der Waals surface area contributed by atoms with Crippen LogP contribution in [0.5, 0.6) is 0 Å². The van der Waals surface area contributed by atoms with Gasteiger partial charge < -0.3 is 10.6 Å². The van der Waals surface area contributed by atoms with Crippen LogP contribution in [0.3, 0.4) is 0 Å². The minimum absolute atomic E-state index is 0.497. The van der Waals surface area contributed by atoms with Crippen molar-refractivity contribution in [3.8, 4) is 0 Å². The summed E-state index contributed by atoms with van der Waals surface area (Å²) < 4.78 is 0.760. The number of fused-ring (bicyclic) bond motifs is 1. The Balaban J connectivity index is 2.40. The van der Waals surface area contributed by atoms with E-state index in [0.717, 1.165) is 23.5 Å². The van der Waals surface area contributed by atoms with Crippen molar-refractivity contribution < 1.29 is 0 Å². The maximum atomic E-state index is 5.62. The van der Waals surface area contributed by atoms with Crippen LogP contribution in [-0.2, 0) is 0 Å². The second-order valence-electron chi connectivity index (χ2n) is 2.35. The van der Waals surface area contributed by atoms with Gasteiger partial charge in [-0.1, -0.05) is 0 Å². The molecule has 11 heavy (non-hydrogen) atoms. The molecule has 2 N–H and O–H groups in total. The van der Waals surface area contributed by atoms with Crippen molar-refractivity contribution >= 4 is 27.6 Å². The molecular formula is C6H7BrN4. The number of nitrogens with two attached hydrogens (primary N) is 1. The molecule has 2 aliphatic heterocycles. The summed E-state index contributed by atoms with van der Waals surface area (Å²) in [6.07, 6.45) is 1.89. The Morgan fingerprint density at radius 1 is 1.64 bits per heavy atom. The Labute approximate surface area is 72.6 Å². The number of hydrogen-bond acceptors (Lipinski definition) is 4. The van der Waals surface area contributed by atoms with E-state index >= 15 is 0 Å². The minimum atomic E-state index is 0.497. The van der Waals surface area contributed by atoms with Gasteiger partial charge in [0.25, 0.3) is 0 Å². The number of aliphatic imine (C=N–C) groups is 2. The lowest BCUT2D eigenvalue weighted by molar-refractivity contribution is 0.610. The molecule has 0 spiro atoms. The number of halogens is 1. The Morgan fingerprint density at radius 3 is 3.27 bits per heavy atom. The first-order valence-electron chi connectivity index (χ1n) is 3.30. The molecule has 2 heterocycles. The van der Waals surface area contributed by atoms with Crippen molar-refractivity contribution in [2.24, 2.45) is 15.7 Å². The zero-order chi connectivity index (χ0) is 7.84. The van der Waals surface area contributed by atoms with Crippen LogP contribution in [0.1, 0.15) is 0 Å². The molecular weight excluding hydrogens is 208 g/mol. The molecule has 0 fully saturated rings. The van der Waals surface area contributed by atoms with Crippen LogP contribution in [0.2, 0.25) is 0 Å². The molecule has 0 amide bonds. The molecule has 2 rings (SSSR count). The molecule has 2 aliphatic rings. The lowest BCUT2D eigenvalue weighted by atomic mass is 10.4. The summed E-state index contributed by atoms with van der Waals surface area (Å²) in [5, 5.41) is 0. The zero-order valence-corrected chi connectivity index (χ0v) is 7.37. The van der Waals surface area contributed by atoms with Gasteiger partial charge in [-0.15, -0.1) is 0 Å². The topological polar surface area (TPSA) is 54.0 Å². The molecule has 0 aromatic rings. The van der Waals surface area contributed by atoms with E-state index in [1.807, 2.05) is 11.1 Å². The number of hydrogen-bond donors (Lipinski definition) is 1.